The van der Waals surface area contributed by atoms with Gasteiger partial charge in [-0.25, -0.2) is 0 Å². The minimum atomic E-state index is -1.51. The molecule has 2 aliphatic carbocycles. The first-order chi connectivity index (χ1) is 19.7. The number of carbonyl (C=O) groups excluding carboxylic acids is 2. The molecule has 0 fully saturated rings. The second-order valence-electron chi connectivity index (χ2n) is 11.8. The van der Waals surface area contributed by atoms with Gasteiger partial charge in [0.15, 0.2) is 11.6 Å². The van der Waals surface area contributed by atoms with E-state index in [1.165, 1.54) is 40.2 Å². The molecule has 0 radical (unpaired) electrons. The first-order valence-electron chi connectivity index (χ1n) is 13.4. The van der Waals surface area contributed by atoms with Crippen LogP contribution in [0.2, 0.25) is 0 Å². The van der Waals surface area contributed by atoms with Crippen LogP contribution in [-0.4, -0.2) is 67.6 Å². The van der Waals surface area contributed by atoms with Gasteiger partial charge >= 0.3 is 0 Å². The smallest absolute Gasteiger partial charge is 0.169 e. The van der Waals surface area contributed by atoms with Gasteiger partial charge in [-0.1, -0.05) is 0 Å². The van der Waals surface area contributed by atoms with Crippen LogP contribution in [0.5, 0.6) is 34.5 Å². The number of carbonyl (C=O) groups is 2. The van der Waals surface area contributed by atoms with Crippen LogP contribution in [0.3, 0.4) is 0 Å². The van der Waals surface area contributed by atoms with E-state index in [4.69, 9.17) is 9.47 Å². The van der Waals surface area contributed by atoms with Crippen LogP contribution in [0.4, 0.5) is 0 Å². The summed E-state index contributed by atoms with van der Waals surface area (Å²) in [5, 5.41) is 67.6. The van der Waals surface area contributed by atoms with Crippen LogP contribution < -0.4 is 9.47 Å². The summed E-state index contributed by atoms with van der Waals surface area (Å²) in [6.45, 7) is 2.99. The van der Waals surface area contributed by atoms with Gasteiger partial charge in [0.05, 0.1) is 47.3 Å². The van der Waals surface area contributed by atoms with E-state index in [0.29, 0.717) is 0 Å². The predicted molar refractivity (Wildman–Crippen MR) is 153 cm³/mol. The van der Waals surface area contributed by atoms with E-state index >= 15 is 0 Å². The summed E-state index contributed by atoms with van der Waals surface area (Å²) >= 11 is 0. The van der Waals surface area contributed by atoms with Gasteiger partial charge in [0.2, 0.25) is 0 Å². The Hall–Kier alpha value is -4.54. The number of phenols is 4. The van der Waals surface area contributed by atoms with E-state index in [1.54, 1.807) is 12.1 Å². The van der Waals surface area contributed by atoms with E-state index in [9.17, 15) is 40.2 Å². The number of hydrogen-bond donors (Lipinski definition) is 6. The summed E-state index contributed by atoms with van der Waals surface area (Å²) in [6.07, 6.45) is -0.762. The van der Waals surface area contributed by atoms with Gasteiger partial charge in [0.1, 0.15) is 34.5 Å². The van der Waals surface area contributed by atoms with E-state index in [-0.39, 0.29) is 104 Å². The number of aliphatic hydroxyl groups is 2. The third-order valence-corrected chi connectivity index (χ3v) is 8.35. The highest BCUT2D eigenvalue weighted by molar-refractivity contribution is 6.21. The number of ketones is 2. The molecule has 6 N–H and O–H groups in total. The van der Waals surface area contributed by atoms with Gasteiger partial charge in [-0.15, -0.1) is 0 Å². The van der Waals surface area contributed by atoms with Crippen molar-refractivity contribution in [3.63, 3.8) is 0 Å². The van der Waals surface area contributed by atoms with Crippen molar-refractivity contribution in [3.8, 4) is 45.6 Å². The molecule has 6 rings (SSSR count). The summed E-state index contributed by atoms with van der Waals surface area (Å²) in [6, 6.07) is 5.67. The van der Waals surface area contributed by atoms with E-state index in [2.05, 4.69) is 0 Å². The Kier molecular flexibility index (Phi) is 5.90. The van der Waals surface area contributed by atoms with Gasteiger partial charge in [-0.2, -0.15) is 0 Å². The third kappa shape index (κ3) is 3.93. The number of benzene rings is 4. The van der Waals surface area contributed by atoms with E-state index in [1.807, 2.05) is 0 Å². The van der Waals surface area contributed by atoms with Crippen molar-refractivity contribution in [2.75, 3.05) is 14.2 Å². The molecular weight excluding hydrogens is 544 g/mol. The van der Waals surface area contributed by atoms with E-state index < -0.39 is 34.3 Å². The highest BCUT2D eigenvalue weighted by atomic mass is 16.5. The molecule has 42 heavy (non-hydrogen) atoms. The molecule has 0 bridgehead atoms. The van der Waals surface area contributed by atoms with Gasteiger partial charge < -0.3 is 40.1 Å². The number of hydrogen-bond acceptors (Lipinski definition) is 10. The van der Waals surface area contributed by atoms with Crippen molar-refractivity contribution >= 4 is 33.1 Å². The number of methoxy groups -OCH3 is 2. The molecule has 0 unspecified atom stereocenters. The van der Waals surface area contributed by atoms with Gasteiger partial charge in [-0.3, -0.25) is 9.59 Å². The van der Waals surface area contributed by atoms with Crippen molar-refractivity contribution in [2.45, 2.75) is 50.7 Å². The molecule has 0 spiro atoms. The number of fused-ring (bicyclic) bond motifs is 4. The molecule has 4 aromatic carbocycles. The summed E-state index contributed by atoms with van der Waals surface area (Å²) in [7, 11) is 2.78. The molecule has 0 amide bonds. The normalized spacial score (nSPS) is 21.9. The minimum absolute atomic E-state index is 0.0598. The van der Waals surface area contributed by atoms with Gasteiger partial charge in [-0.05, 0) is 48.2 Å². The second kappa shape index (κ2) is 8.98. The van der Waals surface area contributed by atoms with Gasteiger partial charge in [0, 0.05) is 48.6 Å². The average molecular weight is 575 g/mol. The molecule has 2 aliphatic rings. The zero-order chi connectivity index (χ0) is 30.5. The molecule has 0 aromatic heterocycles. The average Bonchev–Trinajstić information content (AvgIpc) is 2.87. The van der Waals surface area contributed by atoms with Crippen LogP contribution in [0.15, 0.2) is 24.3 Å². The van der Waals surface area contributed by atoms with Gasteiger partial charge in [0.25, 0.3) is 0 Å². The number of rotatable bonds is 3. The maximum Gasteiger partial charge on any atom is 0.169 e. The van der Waals surface area contributed by atoms with Crippen LogP contribution in [-0.2, 0) is 12.8 Å². The zero-order valence-corrected chi connectivity index (χ0v) is 23.5. The fourth-order valence-electron chi connectivity index (χ4n) is 6.72. The van der Waals surface area contributed by atoms with Crippen molar-refractivity contribution in [3.05, 3.63) is 46.5 Å². The minimum Gasteiger partial charge on any atom is -0.507 e. The number of aromatic hydroxyl groups is 4. The van der Waals surface area contributed by atoms with Crippen LogP contribution >= 0.6 is 0 Å². The monoisotopic (exact) mass is 574 g/mol. The quantitative estimate of drug-likeness (QED) is 0.207. The molecule has 4 aromatic rings. The Bertz CT molecular complexity index is 1750. The predicted octanol–water partition coefficient (Wildman–Crippen LogP) is 4.26. The molecular formula is C32H30O10. The zero-order valence-electron chi connectivity index (χ0n) is 23.5. The molecule has 0 heterocycles. The molecule has 10 heteroatoms. The lowest BCUT2D eigenvalue weighted by Crippen LogP contribution is -2.37. The number of Topliss-reactive ketones (excluding diaryl/α,β-unsaturated/α-hetero) is 2. The van der Waals surface area contributed by atoms with Crippen LogP contribution in [0, 0.1) is 0 Å². The molecule has 0 saturated carbocycles. The molecule has 10 nitrogen and oxygen atoms in total. The lowest BCUT2D eigenvalue weighted by Gasteiger charge is -2.35. The molecule has 2 atom stereocenters. The van der Waals surface area contributed by atoms with Crippen molar-refractivity contribution in [1.29, 1.82) is 0 Å². The largest absolute Gasteiger partial charge is 0.507 e. The highest BCUT2D eigenvalue weighted by Crippen LogP contribution is 2.55. The Labute approximate surface area is 240 Å². The van der Waals surface area contributed by atoms with E-state index in [0.717, 1.165) is 0 Å². The molecule has 0 saturated heterocycles. The highest BCUT2D eigenvalue weighted by Gasteiger charge is 2.42. The Morgan fingerprint density at radius 1 is 0.595 bits per heavy atom. The number of phenolic OH excluding ortho intramolecular Hbond substituents is 4. The fourth-order valence-corrected chi connectivity index (χ4v) is 6.72. The Morgan fingerprint density at radius 3 is 1.29 bits per heavy atom. The lowest BCUT2D eigenvalue weighted by atomic mass is 9.71. The lowest BCUT2D eigenvalue weighted by molar-refractivity contribution is 0.0393. The second-order valence-corrected chi connectivity index (χ2v) is 11.8. The Balaban J connectivity index is 1.95. The Morgan fingerprint density at radius 2 is 0.952 bits per heavy atom. The summed E-state index contributed by atoms with van der Waals surface area (Å²) in [5.41, 5.74) is -2.20. The van der Waals surface area contributed by atoms with Crippen molar-refractivity contribution in [2.24, 2.45) is 0 Å². The van der Waals surface area contributed by atoms with Crippen molar-refractivity contribution < 1.29 is 49.7 Å². The molecule has 0 aliphatic heterocycles. The topological polar surface area (TPSA) is 174 Å². The van der Waals surface area contributed by atoms with Crippen LogP contribution in [0.25, 0.3) is 32.7 Å². The maximum atomic E-state index is 13.5. The van der Waals surface area contributed by atoms with Crippen molar-refractivity contribution in [1.82, 2.24) is 0 Å². The molecule has 218 valence electrons. The summed E-state index contributed by atoms with van der Waals surface area (Å²) in [5.74, 6) is -2.37. The fraction of sp³-hybridized carbons (Fsp3) is 0.312. The summed E-state index contributed by atoms with van der Waals surface area (Å²) in [4.78, 5) is 27.0. The SMILES string of the molecule is COc1cc(O)c2c(O)c3c(c(-c4c5c(c(O)c6c(O)cc(OC)cc46)C(=O)C[C@@](C)(O)C5)c2c1)C[C@](C)(O)CC3=O. The van der Waals surface area contributed by atoms with Crippen LogP contribution in [0.1, 0.15) is 58.5 Å². The third-order valence-electron chi connectivity index (χ3n) is 8.35. The maximum absolute atomic E-state index is 13.5. The standard InChI is InChI=1S/C32H30O10/c1-31(39)9-17-23(15-5-13(41-3)7-19(33)25(15)29(37)27(17)21(35)11-31)24-16-6-14(42-4)8-20(34)26(16)30(38)28-18(24)10-32(2,40)12-22(28)36/h5-8,33-34,37-40H,9-12H2,1-4H3/t31-,32-/m0/s1. The first kappa shape index (κ1) is 27.6. The number of ether oxygens (including phenoxy) is 2. The summed E-state index contributed by atoms with van der Waals surface area (Å²) < 4.78 is 10.8. The first-order valence-corrected chi connectivity index (χ1v) is 13.4.